The molecule has 3 nitrogen and oxygen atoms in total. The van der Waals surface area contributed by atoms with E-state index in [4.69, 9.17) is 4.74 Å². The molecule has 0 saturated heterocycles. The van der Waals surface area contributed by atoms with E-state index in [1.807, 2.05) is 42.5 Å². The van der Waals surface area contributed by atoms with E-state index >= 15 is 0 Å². The summed E-state index contributed by atoms with van der Waals surface area (Å²) >= 11 is 0. The average Bonchev–Trinajstić information content (AvgIpc) is 2.53. The zero-order valence-corrected chi connectivity index (χ0v) is 13.3. The molecule has 0 amide bonds. The van der Waals surface area contributed by atoms with Gasteiger partial charge in [-0.1, -0.05) is 62.2 Å². The molecular formula is C19H25O3. The Labute approximate surface area is 134 Å². The first-order chi connectivity index (χ1) is 10.6. The van der Waals surface area contributed by atoms with Crippen LogP contribution in [0.15, 0.2) is 42.5 Å². The van der Waals surface area contributed by atoms with Gasteiger partial charge >= 0.3 is 0 Å². The third-order valence-corrected chi connectivity index (χ3v) is 3.34. The van der Waals surface area contributed by atoms with Crippen molar-refractivity contribution in [2.75, 3.05) is 0 Å². The van der Waals surface area contributed by atoms with Crippen LogP contribution in [-0.4, -0.2) is 17.7 Å². The molecule has 0 spiro atoms. The smallest absolute Gasteiger partial charge is 0.293 e. The van der Waals surface area contributed by atoms with Gasteiger partial charge in [-0.15, -0.1) is 0 Å². The lowest BCUT2D eigenvalue weighted by Crippen LogP contribution is -2.24. The van der Waals surface area contributed by atoms with E-state index < -0.39 is 5.60 Å². The van der Waals surface area contributed by atoms with Crippen LogP contribution in [0.4, 0.5) is 0 Å². The molecule has 1 N–H and O–H groups in total. The van der Waals surface area contributed by atoms with E-state index in [1.165, 1.54) is 0 Å². The standard InChI is InChI=1S/C19H25O3/c1-3-4-5-9-14-19(21,18-12-7-6-8-13-18)15-10-11-17(2)22-16-20/h6-17,21H,3-5H2,1-2H3/b14-9+/t17-,19+/m0/s1. The molecule has 0 aromatic heterocycles. The summed E-state index contributed by atoms with van der Waals surface area (Å²) in [6.45, 7) is 4.32. The minimum absolute atomic E-state index is 0.321. The summed E-state index contributed by atoms with van der Waals surface area (Å²) in [5.74, 6) is 0. The Morgan fingerprint density at radius 3 is 2.68 bits per heavy atom. The van der Waals surface area contributed by atoms with Crippen LogP contribution >= 0.6 is 0 Å². The van der Waals surface area contributed by atoms with Gasteiger partial charge in [0.15, 0.2) is 0 Å². The Morgan fingerprint density at radius 1 is 1.32 bits per heavy atom. The molecule has 119 valence electrons. The molecule has 22 heavy (non-hydrogen) atoms. The normalized spacial score (nSPS) is 15.4. The Hall–Kier alpha value is -1.61. The lowest BCUT2D eigenvalue weighted by atomic mass is 9.87. The predicted molar refractivity (Wildman–Crippen MR) is 88.5 cm³/mol. The second-order valence-electron chi connectivity index (χ2n) is 5.22. The third-order valence-electron chi connectivity index (χ3n) is 3.34. The third kappa shape index (κ3) is 6.44. The van der Waals surface area contributed by atoms with Crippen LogP contribution in [0, 0.1) is 19.3 Å². The van der Waals surface area contributed by atoms with Crippen LogP contribution in [0.1, 0.15) is 38.7 Å². The molecule has 0 heterocycles. The van der Waals surface area contributed by atoms with E-state index in [9.17, 15) is 9.90 Å². The van der Waals surface area contributed by atoms with Gasteiger partial charge in [0.25, 0.3) is 6.47 Å². The number of allylic oxidation sites excluding steroid dienone is 1. The zero-order chi connectivity index (χ0) is 16.3. The maximum atomic E-state index is 10.9. The highest BCUT2D eigenvalue weighted by atomic mass is 16.5. The molecule has 1 aromatic carbocycles. The lowest BCUT2D eigenvalue weighted by Gasteiger charge is -2.25. The Balaban J connectivity index is 2.70. The van der Waals surface area contributed by atoms with Crippen molar-refractivity contribution in [2.24, 2.45) is 0 Å². The van der Waals surface area contributed by atoms with Crippen molar-refractivity contribution in [3.8, 4) is 0 Å². The van der Waals surface area contributed by atoms with Gasteiger partial charge in [0.1, 0.15) is 11.7 Å². The fraction of sp³-hybridized carbons (Fsp3) is 0.368. The number of rotatable bonds is 11. The molecule has 3 heteroatoms. The van der Waals surface area contributed by atoms with Gasteiger partial charge < -0.3 is 9.84 Å². The molecule has 2 atom stereocenters. The van der Waals surface area contributed by atoms with Crippen molar-refractivity contribution < 1.29 is 14.6 Å². The first-order valence-corrected chi connectivity index (χ1v) is 7.69. The number of ether oxygens (including phenoxy) is 1. The van der Waals surface area contributed by atoms with Gasteiger partial charge in [0.05, 0.1) is 0 Å². The van der Waals surface area contributed by atoms with Crippen molar-refractivity contribution in [1.82, 2.24) is 0 Å². The minimum Gasteiger partial charge on any atom is -0.465 e. The van der Waals surface area contributed by atoms with Crippen LogP contribution in [0.3, 0.4) is 0 Å². The molecule has 0 fully saturated rings. The van der Waals surface area contributed by atoms with E-state index in [2.05, 4.69) is 6.92 Å². The number of aliphatic hydroxyl groups is 1. The number of hydrogen-bond acceptors (Lipinski definition) is 3. The molecule has 1 aromatic rings. The van der Waals surface area contributed by atoms with Crippen molar-refractivity contribution in [2.45, 2.75) is 44.8 Å². The number of benzene rings is 1. The van der Waals surface area contributed by atoms with Gasteiger partial charge in [-0.25, -0.2) is 0 Å². The summed E-state index contributed by atoms with van der Waals surface area (Å²) in [5, 5.41) is 10.9. The highest BCUT2D eigenvalue weighted by molar-refractivity contribution is 5.38. The van der Waals surface area contributed by atoms with E-state index in [-0.39, 0.29) is 6.10 Å². The van der Waals surface area contributed by atoms with Gasteiger partial charge in [-0.05, 0) is 25.3 Å². The summed E-state index contributed by atoms with van der Waals surface area (Å²) in [6.07, 6.45) is 11.8. The summed E-state index contributed by atoms with van der Waals surface area (Å²) in [6, 6.07) is 9.49. The monoisotopic (exact) mass is 301 g/mol. The molecule has 3 radical (unpaired) electrons. The van der Waals surface area contributed by atoms with Crippen molar-refractivity contribution in [3.05, 3.63) is 67.3 Å². The number of carbonyl (C=O) groups is 1. The van der Waals surface area contributed by atoms with E-state index in [0.717, 1.165) is 24.8 Å². The van der Waals surface area contributed by atoms with E-state index in [1.54, 1.807) is 26.2 Å². The van der Waals surface area contributed by atoms with Crippen LogP contribution in [0.25, 0.3) is 0 Å². The van der Waals surface area contributed by atoms with Crippen LogP contribution < -0.4 is 0 Å². The second-order valence-corrected chi connectivity index (χ2v) is 5.22. The molecular weight excluding hydrogens is 276 g/mol. The number of carbonyl (C=O) groups excluding carboxylic acids is 1. The molecule has 0 unspecified atom stereocenters. The van der Waals surface area contributed by atoms with Gasteiger partial charge in [-0.3, -0.25) is 4.79 Å². The molecule has 0 aliphatic carbocycles. The molecule has 0 aliphatic rings. The quantitative estimate of drug-likeness (QED) is 0.384. The lowest BCUT2D eigenvalue weighted by molar-refractivity contribution is -0.131. The fourth-order valence-corrected chi connectivity index (χ4v) is 2.03. The van der Waals surface area contributed by atoms with Gasteiger partial charge in [-0.2, -0.15) is 0 Å². The highest BCUT2D eigenvalue weighted by Crippen LogP contribution is 2.28. The summed E-state index contributed by atoms with van der Waals surface area (Å²) in [7, 11) is 0. The number of hydrogen-bond donors (Lipinski definition) is 1. The van der Waals surface area contributed by atoms with Crippen LogP contribution in [0.2, 0.25) is 0 Å². The van der Waals surface area contributed by atoms with Crippen LogP contribution in [0.5, 0.6) is 0 Å². The first-order valence-electron chi connectivity index (χ1n) is 7.69. The van der Waals surface area contributed by atoms with Crippen molar-refractivity contribution in [1.29, 1.82) is 0 Å². The second kappa shape index (κ2) is 10.2. The molecule has 0 bridgehead atoms. The summed E-state index contributed by atoms with van der Waals surface area (Å²) < 4.78 is 4.79. The number of unbranched alkanes of at least 4 members (excludes halogenated alkanes) is 2. The van der Waals surface area contributed by atoms with E-state index in [0.29, 0.717) is 6.47 Å². The molecule has 0 aliphatic heterocycles. The van der Waals surface area contributed by atoms with Crippen LogP contribution in [-0.2, 0) is 15.1 Å². The topological polar surface area (TPSA) is 46.5 Å². The zero-order valence-electron chi connectivity index (χ0n) is 13.3. The largest absolute Gasteiger partial charge is 0.465 e. The van der Waals surface area contributed by atoms with Crippen molar-refractivity contribution in [3.63, 3.8) is 0 Å². The molecule has 1 rings (SSSR count). The average molecular weight is 301 g/mol. The maximum Gasteiger partial charge on any atom is 0.293 e. The van der Waals surface area contributed by atoms with Gasteiger partial charge in [0.2, 0.25) is 0 Å². The van der Waals surface area contributed by atoms with Gasteiger partial charge in [0, 0.05) is 12.8 Å². The summed E-state index contributed by atoms with van der Waals surface area (Å²) in [4.78, 5) is 10.3. The summed E-state index contributed by atoms with van der Waals surface area (Å²) in [5.41, 5.74) is -0.358. The Kier molecular flexibility index (Phi) is 8.53. The SMILES string of the molecule is CCCC/C=C/[C@@](O)([CH][CH][CH][C@H](C)OC=O)c1ccccc1. The van der Waals surface area contributed by atoms with Crippen molar-refractivity contribution >= 4 is 6.47 Å². The predicted octanol–water partition coefficient (Wildman–Crippen LogP) is 3.79. The maximum absolute atomic E-state index is 10.9. The highest BCUT2D eigenvalue weighted by Gasteiger charge is 2.26. The Morgan fingerprint density at radius 2 is 2.05 bits per heavy atom. The Bertz CT molecular complexity index is 441. The first kappa shape index (κ1) is 18.4. The molecule has 0 saturated carbocycles. The minimum atomic E-state index is -1.16. The fourth-order valence-electron chi connectivity index (χ4n) is 2.03.